The van der Waals surface area contributed by atoms with Gasteiger partial charge in [-0.05, 0) is 39.0 Å². The third-order valence-corrected chi connectivity index (χ3v) is 4.56. The van der Waals surface area contributed by atoms with Gasteiger partial charge in [-0.3, -0.25) is 0 Å². The molecule has 4 nitrogen and oxygen atoms in total. The number of benzene rings is 1. The summed E-state index contributed by atoms with van der Waals surface area (Å²) in [6, 6.07) is 2.19. The van der Waals surface area contributed by atoms with Crippen LogP contribution in [0, 0.1) is 0 Å². The molecule has 0 unspecified atom stereocenters. The Labute approximate surface area is 133 Å². The van der Waals surface area contributed by atoms with Crippen molar-refractivity contribution in [1.29, 1.82) is 0 Å². The van der Waals surface area contributed by atoms with Crippen molar-refractivity contribution < 1.29 is 21.6 Å². The van der Waals surface area contributed by atoms with E-state index in [1.807, 2.05) is 20.8 Å². The van der Waals surface area contributed by atoms with E-state index < -0.39 is 26.7 Å². The first-order valence-corrected chi connectivity index (χ1v) is 8.30. The van der Waals surface area contributed by atoms with Crippen LogP contribution in [0.15, 0.2) is 23.1 Å². The van der Waals surface area contributed by atoms with Crippen LogP contribution in [0.2, 0.25) is 5.02 Å². The topological polar surface area (TPSA) is 58.2 Å². The van der Waals surface area contributed by atoms with Crippen molar-refractivity contribution in [3.8, 4) is 0 Å². The van der Waals surface area contributed by atoms with E-state index in [2.05, 4.69) is 10.0 Å². The van der Waals surface area contributed by atoms with Crippen LogP contribution in [0.3, 0.4) is 0 Å². The Hall–Kier alpha value is -0.830. The third-order valence-electron chi connectivity index (χ3n) is 2.62. The zero-order valence-electron chi connectivity index (χ0n) is 12.4. The number of hydrogen-bond donors (Lipinski definition) is 2. The smallest absolute Gasteiger partial charge is 0.311 e. The van der Waals surface area contributed by atoms with E-state index in [1.54, 1.807) is 0 Å². The molecule has 0 aliphatic heterocycles. The maximum atomic E-state index is 12.7. The molecule has 2 N–H and O–H groups in total. The van der Waals surface area contributed by atoms with Gasteiger partial charge in [0.1, 0.15) is 4.90 Å². The van der Waals surface area contributed by atoms with Crippen molar-refractivity contribution in [2.24, 2.45) is 0 Å². The van der Waals surface area contributed by atoms with Crippen LogP contribution in [-0.4, -0.2) is 27.0 Å². The van der Waals surface area contributed by atoms with Gasteiger partial charge in [0.2, 0.25) is 10.0 Å². The predicted molar refractivity (Wildman–Crippen MR) is 79.4 cm³/mol. The maximum Gasteiger partial charge on any atom is 0.416 e. The molecule has 126 valence electrons. The molecule has 0 radical (unpaired) electrons. The van der Waals surface area contributed by atoms with Gasteiger partial charge >= 0.3 is 6.18 Å². The quantitative estimate of drug-likeness (QED) is 0.795. The molecule has 0 spiro atoms. The van der Waals surface area contributed by atoms with Gasteiger partial charge in [0.25, 0.3) is 0 Å². The molecule has 0 amide bonds. The van der Waals surface area contributed by atoms with Gasteiger partial charge < -0.3 is 5.32 Å². The van der Waals surface area contributed by atoms with E-state index in [1.165, 1.54) is 0 Å². The van der Waals surface area contributed by atoms with Crippen molar-refractivity contribution in [3.63, 3.8) is 0 Å². The summed E-state index contributed by atoms with van der Waals surface area (Å²) in [4.78, 5) is -0.584. The van der Waals surface area contributed by atoms with Gasteiger partial charge in [-0.2, -0.15) is 13.2 Å². The highest BCUT2D eigenvalue weighted by molar-refractivity contribution is 7.89. The van der Waals surface area contributed by atoms with Crippen LogP contribution in [0.25, 0.3) is 0 Å². The molecule has 1 rings (SSSR count). The van der Waals surface area contributed by atoms with Crippen molar-refractivity contribution in [3.05, 3.63) is 28.8 Å². The lowest BCUT2D eigenvalue weighted by atomic mass is 10.1. The molecule has 0 fully saturated rings. The summed E-state index contributed by atoms with van der Waals surface area (Å²) in [5.41, 5.74) is -1.26. The SMILES string of the molecule is CC(C)(C)NCCNS(=O)(=O)c1cc(C(F)(F)F)ccc1Cl. The fraction of sp³-hybridized carbons (Fsp3) is 0.538. The summed E-state index contributed by atoms with van der Waals surface area (Å²) in [5, 5.41) is 2.80. The number of alkyl halides is 3. The van der Waals surface area contributed by atoms with E-state index in [-0.39, 0.29) is 17.1 Å². The number of sulfonamides is 1. The third kappa shape index (κ3) is 5.75. The molecule has 0 aromatic heterocycles. The largest absolute Gasteiger partial charge is 0.416 e. The van der Waals surface area contributed by atoms with E-state index in [9.17, 15) is 21.6 Å². The van der Waals surface area contributed by atoms with Gasteiger partial charge in [-0.1, -0.05) is 11.6 Å². The molecule has 9 heteroatoms. The lowest BCUT2D eigenvalue weighted by Crippen LogP contribution is -2.41. The summed E-state index contributed by atoms with van der Waals surface area (Å²) in [6.07, 6.45) is -4.64. The summed E-state index contributed by atoms with van der Waals surface area (Å²) >= 11 is 5.71. The monoisotopic (exact) mass is 358 g/mol. The van der Waals surface area contributed by atoms with E-state index in [4.69, 9.17) is 11.6 Å². The highest BCUT2D eigenvalue weighted by atomic mass is 35.5. The number of rotatable bonds is 5. The summed E-state index contributed by atoms with van der Waals surface area (Å²) in [6.45, 7) is 6.09. The summed E-state index contributed by atoms with van der Waals surface area (Å²) in [5.74, 6) is 0. The van der Waals surface area contributed by atoms with Crippen LogP contribution >= 0.6 is 11.6 Å². The second-order valence-corrected chi connectivity index (χ2v) is 7.86. The number of hydrogen-bond acceptors (Lipinski definition) is 3. The van der Waals surface area contributed by atoms with Gasteiger partial charge in [0, 0.05) is 18.6 Å². The first-order valence-electron chi connectivity index (χ1n) is 6.44. The van der Waals surface area contributed by atoms with Crippen molar-refractivity contribution >= 4 is 21.6 Å². The average molecular weight is 359 g/mol. The fourth-order valence-corrected chi connectivity index (χ4v) is 3.14. The Balaban J connectivity index is 2.89. The minimum absolute atomic E-state index is 0.0339. The molecule has 0 atom stereocenters. The van der Waals surface area contributed by atoms with E-state index in [0.717, 1.165) is 12.1 Å². The normalized spacial score (nSPS) is 13.4. The second-order valence-electron chi connectivity index (χ2n) is 5.72. The lowest BCUT2D eigenvalue weighted by molar-refractivity contribution is -0.137. The highest BCUT2D eigenvalue weighted by Crippen LogP contribution is 2.33. The van der Waals surface area contributed by atoms with Crippen LogP contribution in [0.4, 0.5) is 13.2 Å². The molecule has 1 aromatic rings. The molecule has 0 saturated heterocycles. The zero-order chi connectivity index (χ0) is 17.2. The average Bonchev–Trinajstić information content (AvgIpc) is 2.32. The Morgan fingerprint density at radius 1 is 1.14 bits per heavy atom. The minimum Gasteiger partial charge on any atom is -0.311 e. The molecular weight excluding hydrogens is 341 g/mol. The van der Waals surface area contributed by atoms with Gasteiger partial charge in [-0.15, -0.1) is 0 Å². The molecule has 0 bridgehead atoms. The van der Waals surface area contributed by atoms with E-state index >= 15 is 0 Å². The van der Waals surface area contributed by atoms with E-state index in [0.29, 0.717) is 12.6 Å². The van der Waals surface area contributed by atoms with Crippen LogP contribution in [-0.2, 0) is 16.2 Å². The number of halogens is 4. The molecule has 0 aliphatic rings. The second kappa shape index (κ2) is 6.74. The maximum absolute atomic E-state index is 12.7. The summed E-state index contributed by atoms with van der Waals surface area (Å²) < 4.78 is 64.3. The van der Waals surface area contributed by atoms with Crippen molar-refractivity contribution in [2.75, 3.05) is 13.1 Å². The molecule has 0 aliphatic carbocycles. The Morgan fingerprint density at radius 2 is 1.73 bits per heavy atom. The van der Waals surface area contributed by atoms with Gasteiger partial charge in [-0.25, -0.2) is 13.1 Å². The van der Waals surface area contributed by atoms with Crippen LogP contribution in [0.1, 0.15) is 26.3 Å². The van der Waals surface area contributed by atoms with Crippen molar-refractivity contribution in [2.45, 2.75) is 37.4 Å². The highest BCUT2D eigenvalue weighted by Gasteiger charge is 2.32. The van der Waals surface area contributed by atoms with Crippen molar-refractivity contribution in [1.82, 2.24) is 10.0 Å². The Bertz CT molecular complexity index is 625. The van der Waals surface area contributed by atoms with Crippen LogP contribution in [0.5, 0.6) is 0 Å². The minimum atomic E-state index is -4.64. The first kappa shape index (κ1) is 19.2. The molecule has 22 heavy (non-hydrogen) atoms. The molecule has 0 saturated carbocycles. The Morgan fingerprint density at radius 3 is 2.23 bits per heavy atom. The Kier molecular flexibility index (Phi) is 5.88. The lowest BCUT2D eigenvalue weighted by Gasteiger charge is -2.20. The van der Waals surface area contributed by atoms with Crippen LogP contribution < -0.4 is 10.0 Å². The molecule has 0 heterocycles. The number of nitrogens with one attached hydrogen (secondary N) is 2. The van der Waals surface area contributed by atoms with Gasteiger partial charge in [0.15, 0.2) is 0 Å². The zero-order valence-corrected chi connectivity index (χ0v) is 14.0. The standard InChI is InChI=1S/C13H18ClF3N2O2S/c1-12(2,3)18-6-7-19-22(20,21)11-8-9(13(15,16)17)4-5-10(11)14/h4-5,8,18-19H,6-7H2,1-3H3. The summed E-state index contributed by atoms with van der Waals surface area (Å²) in [7, 11) is -4.11. The first-order chi connectivity index (χ1) is 9.83. The fourth-order valence-electron chi connectivity index (χ4n) is 1.59. The molecular formula is C13H18ClF3N2O2S. The molecule has 1 aromatic carbocycles. The van der Waals surface area contributed by atoms with Gasteiger partial charge in [0.05, 0.1) is 10.6 Å². The predicted octanol–water partition coefficient (Wildman–Crippen LogP) is 3.03.